The number of nitrogens with two attached hydrogens (primary N) is 1. The maximum absolute atomic E-state index is 8.80. The highest BCUT2D eigenvalue weighted by atomic mass is 16.4. The first-order chi connectivity index (χ1) is 5.06. The van der Waals surface area contributed by atoms with Crippen molar-refractivity contribution in [1.29, 1.82) is 0 Å². The number of aromatic nitrogens is 2. The third kappa shape index (κ3) is 1.55. The summed E-state index contributed by atoms with van der Waals surface area (Å²) in [4.78, 5) is 0. The van der Waals surface area contributed by atoms with Gasteiger partial charge in [-0.3, -0.25) is 0 Å². The maximum Gasteiger partial charge on any atom is 0.238 e. The van der Waals surface area contributed by atoms with Crippen molar-refractivity contribution in [2.24, 2.45) is 5.73 Å². The quantitative estimate of drug-likeness (QED) is 0.607. The molecule has 0 aliphatic heterocycles. The number of rotatable bonds is 2. The van der Waals surface area contributed by atoms with E-state index in [0.29, 0.717) is 5.89 Å². The van der Waals surface area contributed by atoms with E-state index >= 15 is 0 Å². The van der Waals surface area contributed by atoms with Gasteiger partial charge in [-0.1, -0.05) is 0 Å². The first-order valence-electron chi connectivity index (χ1n) is 3.26. The second kappa shape index (κ2) is 2.60. The number of hydrogen-bond donors (Lipinski definition) is 2. The topological polar surface area (TPSA) is 85.2 Å². The minimum absolute atomic E-state index is 0.214. The fourth-order valence-corrected chi connectivity index (χ4v) is 0.595. The van der Waals surface area contributed by atoms with Gasteiger partial charge in [-0.2, -0.15) is 0 Å². The summed E-state index contributed by atoms with van der Waals surface area (Å²) in [7, 11) is 0. The van der Waals surface area contributed by atoms with E-state index in [1.54, 1.807) is 13.8 Å². The van der Waals surface area contributed by atoms with Gasteiger partial charge < -0.3 is 15.3 Å². The molecule has 0 amide bonds. The highest BCUT2D eigenvalue weighted by molar-refractivity contribution is 4.96. The van der Waals surface area contributed by atoms with Crippen LogP contribution in [0.1, 0.15) is 18.7 Å². The lowest BCUT2D eigenvalue weighted by atomic mass is 10.1. The van der Waals surface area contributed by atoms with Crippen LogP contribution in [0.2, 0.25) is 0 Å². The molecule has 1 aromatic rings. The van der Waals surface area contributed by atoms with Gasteiger partial charge in [-0.05, 0) is 6.92 Å². The van der Waals surface area contributed by atoms with Crippen LogP contribution in [0.3, 0.4) is 0 Å². The largest absolute Gasteiger partial charge is 0.423 e. The summed E-state index contributed by atoms with van der Waals surface area (Å²) in [6.07, 6.45) is 0. The molecule has 11 heavy (non-hydrogen) atoms. The Labute approximate surface area is 64.2 Å². The normalized spacial score (nSPS) is 16.4. The van der Waals surface area contributed by atoms with Crippen molar-refractivity contribution < 1.29 is 9.52 Å². The van der Waals surface area contributed by atoms with Gasteiger partial charge in [0.1, 0.15) is 5.54 Å². The Kier molecular flexibility index (Phi) is 1.92. The third-order valence-corrected chi connectivity index (χ3v) is 1.34. The van der Waals surface area contributed by atoms with E-state index in [2.05, 4.69) is 10.2 Å². The zero-order valence-electron chi connectivity index (χ0n) is 6.53. The van der Waals surface area contributed by atoms with Gasteiger partial charge in [0.05, 0.1) is 6.61 Å². The number of hydrogen-bond acceptors (Lipinski definition) is 5. The van der Waals surface area contributed by atoms with Crippen molar-refractivity contribution in [3.8, 4) is 0 Å². The lowest BCUT2D eigenvalue weighted by Gasteiger charge is -2.15. The van der Waals surface area contributed by atoms with Gasteiger partial charge >= 0.3 is 0 Å². The number of aliphatic hydroxyl groups is 1. The molecule has 0 radical (unpaired) electrons. The van der Waals surface area contributed by atoms with Crippen LogP contribution >= 0.6 is 0 Å². The number of aryl methyl sites for hydroxylation is 1. The Morgan fingerprint density at radius 2 is 2.27 bits per heavy atom. The molecule has 0 aliphatic rings. The van der Waals surface area contributed by atoms with E-state index in [0.717, 1.165) is 0 Å². The first kappa shape index (κ1) is 8.16. The molecule has 3 N–H and O–H groups in total. The average Bonchev–Trinajstić information content (AvgIpc) is 2.36. The summed E-state index contributed by atoms with van der Waals surface area (Å²) in [5.74, 6) is 0.711. The Morgan fingerprint density at radius 3 is 2.64 bits per heavy atom. The molecule has 0 saturated heterocycles. The monoisotopic (exact) mass is 157 g/mol. The fraction of sp³-hybridized carbons (Fsp3) is 0.667. The Morgan fingerprint density at radius 1 is 1.64 bits per heavy atom. The van der Waals surface area contributed by atoms with E-state index in [4.69, 9.17) is 15.3 Å². The van der Waals surface area contributed by atoms with Crippen molar-refractivity contribution in [2.75, 3.05) is 6.61 Å². The molecular formula is C6H11N3O2. The summed E-state index contributed by atoms with van der Waals surface area (Å²) in [5, 5.41) is 16.1. The molecule has 62 valence electrons. The van der Waals surface area contributed by atoms with Gasteiger partial charge in [0, 0.05) is 6.92 Å². The molecule has 1 aromatic heterocycles. The second-order valence-electron chi connectivity index (χ2n) is 2.70. The van der Waals surface area contributed by atoms with Crippen LogP contribution in [-0.4, -0.2) is 21.9 Å². The molecule has 1 atom stereocenters. The Balaban J connectivity index is 2.92. The maximum atomic E-state index is 8.80. The van der Waals surface area contributed by atoms with Crippen molar-refractivity contribution in [1.82, 2.24) is 10.2 Å². The highest BCUT2D eigenvalue weighted by Gasteiger charge is 2.26. The van der Waals surface area contributed by atoms with Crippen LogP contribution in [-0.2, 0) is 5.54 Å². The summed E-state index contributed by atoms with van der Waals surface area (Å²) in [6.45, 7) is 3.08. The van der Waals surface area contributed by atoms with Crippen molar-refractivity contribution in [3.63, 3.8) is 0 Å². The van der Waals surface area contributed by atoms with Crippen LogP contribution in [0.4, 0.5) is 0 Å². The van der Waals surface area contributed by atoms with Gasteiger partial charge in [0.2, 0.25) is 11.8 Å². The lowest BCUT2D eigenvalue weighted by Crippen LogP contribution is -2.37. The smallest absolute Gasteiger partial charge is 0.238 e. The summed E-state index contributed by atoms with van der Waals surface area (Å²) in [6, 6.07) is 0. The van der Waals surface area contributed by atoms with Gasteiger partial charge in [0.15, 0.2) is 0 Å². The Bertz CT molecular complexity index is 244. The lowest BCUT2D eigenvalue weighted by molar-refractivity contribution is 0.182. The van der Waals surface area contributed by atoms with Crippen molar-refractivity contribution >= 4 is 0 Å². The van der Waals surface area contributed by atoms with Crippen molar-refractivity contribution in [2.45, 2.75) is 19.4 Å². The predicted octanol–water partition coefficient (Wildman–Crippen LogP) is -0.456. The summed E-state index contributed by atoms with van der Waals surface area (Å²) in [5.41, 5.74) is 4.68. The molecule has 5 heteroatoms. The SMILES string of the molecule is Cc1nnc([C@@](C)(N)CO)o1. The predicted molar refractivity (Wildman–Crippen MR) is 37.7 cm³/mol. The molecule has 5 nitrogen and oxygen atoms in total. The molecule has 0 spiro atoms. The first-order valence-corrected chi connectivity index (χ1v) is 3.26. The van der Waals surface area contributed by atoms with Crippen molar-refractivity contribution in [3.05, 3.63) is 11.8 Å². The van der Waals surface area contributed by atoms with Crippen LogP contribution in [0.25, 0.3) is 0 Å². The van der Waals surface area contributed by atoms with Crippen LogP contribution in [0.15, 0.2) is 4.42 Å². The summed E-state index contributed by atoms with van der Waals surface area (Å²) >= 11 is 0. The fourth-order valence-electron chi connectivity index (χ4n) is 0.595. The van der Waals surface area contributed by atoms with Crippen LogP contribution < -0.4 is 5.73 Å². The number of nitrogens with zero attached hydrogens (tertiary/aromatic N) is 2. The molecule has 1 rings (SSSR count). The molecular weight excluding hydrogens is 146 g/mol. The number of aliphatic hydroxyl groups excluding tert-OH is 1. The zero-order valence-corrected chi connectivity index (χ0v) is 6.53. The second-order valence-corrected chi connectivity index (χ2v) is 2.70. The van der Waals surface area contributed by atoms with E-state index in [-0.39, 0.29) is 12.5 Å². The third-order valence-electron chi connectivity index (χ3n) is 1.34. The molecule has 1 heterocycles. The van der Waals surface area contributed by atoms with Crippen LogP contribution in [0, 0.1) is 6.92 Å². The molecule has 0 unspecified atom stereocenters. The zero-order chi connectivity index (χ0) is 8.48. The molecule has 0 fully saturated rings. The molecule has 0 aliphatic carbocycles. The van der Waals surface area contributed by atoms with Gasteiger partial charge in [0.25, 0.3) is 0 Å². The Hall–Kier alpha value is -0.940. The van der Waals surface area contributed by atoms with E-state index in [1.807, 2.05) is 0 Å². The molecule has 0 aromatic carbocycles. The minimum Gasteiger partial charge on any atom is -0.423 e. The molecule has 0 bridgehead atoms. The standard InChI is InChI=1S/C6H11N3O2/c1-4-8-9-5(11-4)6(2,7)3-10/h10H,3,7H2,1-2H3/t6-/m0/s1. The van der Waals surface area contributed by atoms with E-state index in [1.165, 1.54) is 0 Å². The summed E-state index contributed by atoms with van der Waals surface area (Å²) < 4.78 is 5.03. The minimum atomic E-state index is -0.929. The van der Waals surface area contributed by atoms with Crippen LogP contribution in [0.5, 0.6) is 0 Å². The van der Waals surface area contributed by atoms with E-state index < -0.39 is 5.54 Å². The van der Waals surface area contributed by atoms with Gasteiger partial charge in [-0.15, -0.1) is 10.2 Å². The van der Waals surface area contributed by atoms with Gasteiger partial charge in [-0.25, -0.2) is 0 Å². The highest BCUT2D eigenvalue weighted by Crippen LogP contribution is 2.14. The average molecular weight is 157 g/mol. The molecule has 0 saturated carbocycles. The van der Waals surface area contributed by atoms with E-state index in [9.17, 15) is 0 Å².